The first-order chi connectivity index (χ1) is 12.5. The van der Waals surface area contributed by atoms with Crippen LogP contribution in [0.4, 0.5) is 0 Å². The lowest BCUT2D eigenvalue weighted by Gasteiger charge is -2.55. The van der Waals surface area contributed by atoms with Crippen molar-refractivity contribution in [1.82, 2.24) is 19.9 Å². The van der Waals surface area contributed by atoms with E-state index in [1.165, 1.54) is 0 Å². The van der Waals surface area contributed by atoms with Crippen molar-refractivity contribution >= 4 is 11.6 Å². The molecule has 0 radical (unpaired) electrons. The molecule has 4 rings (SSSR count). The zero-order valence-corrected chi connectivity index (χ0v) is 15.4. The molecular formula is C19H26N4O3. The van der Waals surface area contributed by atoms with E-state index in [0.717, 1.165) is 35.4 Å². The monoisotopic (exact) mass is 358 g/mol. The Bertz CT molecular complexity index is 826. The Hall–Kier alpha value is -1.99. The number of nitrogens with one attached hydrogen (secondary N) is 1. The van der Waals surface area contributed by atoms with Gasteiger partial charge in [0.15, 0.2) is 5.65 Å². The molecule has 7 nitrogen and oxygen atoms in total. The molecule has 0 bridgehead atoms. The summed E-state index contributed by atoms with van der Waals surface area (Å²) in [6.07, 6.45) is 4.74. The van der Waals surface area contributed by atoms with E-state index in [9.17, 15) is 9.90 Å². The fourth-order valence-electron chi connectivity index (χ4n) is 4.54. The van der Waals surface area contributed by atoms with Crippen molar-refractivity contribution in [3.05, 3.63) is 29.2 Å². The third-order valence-corrected chi connectivity index (χ3v) is 6.27. The van der Waals surface area contributed by atoms with E-state index in [4.69, 9.17) is 4.74 Å². The Kier molecular flexibility index (Phi) is 4.44. The molecule has 1 saturated heterocycles. The Labute approximate surface area is 152 Å². The van der Waals surface area contributed by atoms with Crippen molar-refractivity contribution in [2.45, 2.75) is 58.1 Å². The number of nitrogens with zero attached hydrogens (tertiary/aromatic N) is 3. The third kappa shape index (κ3) is 2.79. The van der Waals surface area contributed by atoms with E-state index < -0.39 is 0 Å². The fourth-order valence-corrected chi connectivity index (χ4v) is 4.54. The molecule has 2 N–H and O–H groups in total. The van der Waals surface area contributed by atoms with Gasteiger partial charge >= 0.3 is 0 Å². The topological polar surface area (TPSA) is 88.8 Å². The summed E-state index contributed by atoms with van der Waals surface area (Å²) in [6, 6.07) is 1.94. The van der Waals surface area contributed by atoms with E-state index in [0.29, 0.717) is 32.5 Å². The predicted molar refractivity (Wildman–Crippen MR) is 95.8 cm³/mol. The number of hydrogen-bond acceptors (Lipinski definition) is 5. The fraction of sp³-hybridized carbons (Fsp3) is 0.632. The van der Waals surface area contributed by atoms with Gasteiger partial charge in [0.1, 0.15) is 0 Å². The number of aliphatic hydroxyl groups excluding tert-OH is 1. The van der Waals surface area contributed by atoms with Gasteiger partial charge in [-0.05, 0) is 45.1 Å². The van der Waals surface area contributed by atoms with E-state index in [1.807, 2.05) is 24.4 Å². The maximum absolute atomic E-state index is 12.5. The van der Waals surface area contributed by atoms with Gasteiger partial charge in [0.25, 0.3) is 0 Å². The van der Waals surface area contributed by atoms with Crippen LogP contribution in [-0.4, -0.2) is 51.0 Å². The van der Waals surface area contributed by atoms with Gasteiger partial charge in [-0.2, -0.15) is 5.10 Å². The van der Waals surface area contributed by atoms with Crippen LogP contribution in [0, 0.1) is 19.3 Å². The summed E-state index contributed by atoms with van der Waals surface area (Å²) in [5.74, 6) is 0.0344. The van der Waals surface area contributed by atoms with Gasteiger partial charge < -0.3 is 15.2 Å². The predicted octanol–water partition coefficient (Wildman–Crippen LogP) is 1.32. The summed E-state index contributed by atoms with van der Waals surface area (Å²) < 4.78 is 7.24. The van der Waals surface area contributed by atoms with Crippen LogP contribution in [0.3, 0.4) is 0 Å². The first kappa shape index (κ1) is 17.4. The molecule has 3 heterocycles. The van der Waals surface area contributed by atoms with Gasteiger partial charge in [-0.15, -0.1) is 0 Å². The Morgan fingerprint density at radius 1 is 1.42 bits per heavy atom. The summed E-state index contributed by atoms with van der Waals surface area (Å²) in [7, 11) is 0. The SMILES string of the molecule is Cc1nc2ccnn2c(C)c1CCC(=O)N[C@@H]1C[C@@H](O)C12CCOCC2. The highest BCUT2D eigenvalue weighted by atomic mass is 16.5. The summed E-state index contributed by atoms with van der Waals surface area (Å²) in [5, 5.41) is 17.7. The van der Waals surface area contributed by atoms with Crippen LogP contribution in [0.1, 0.15) is 42.6 Å². The standard InChI is InChI=1S/C19H26N4O3/c1-12-14(13(2)23-17(21-12)5-8-20-23)3-4-18(25)22-15-11-16(24)19(15)6-9-26-10-7-19/h5,8,15-16,24H,3-4,6-7,9-11H2,1-2H3,(H,22,25)/t15-,16-/m1/s1. The molecule has 1 spiro atoms. The first-order valence-electron chi connectivity index (χ1n) is 9.36. The van der Waals surface area contributed by atoms with Crippen LogP contribution in [0.2, 0.25) is 0 Å². The van der Waals surface area contributed by atoms with Crippen LogP contribution in [0.15, 0.2) is 12.3 Å². The van der Waals surface area contributed by atoms with E-state index >= 15 is 0 Å². The van der Waals surface area contributed by atoms with Crippen LogP contribution in [0.5, 0.6) is 0 Å². The number of carbonyl (C=O) groups excluding carboxylic acids is 1. The average Bonchev–Trinajstić information content (AvgIpc) is 3.10. The maximum atomic E-state index is 12.5. The van der Waals surface area contributed by atoms with Crippen LogP contribution >= 0.6 is 0 Å². The van der Waals surface area contributed by atoms with Gasteiger partial charge in [0.2, 0.25) is 5.91 Å². The van der Waals surface area contributed by atoms with Gasteiger partial charge in [0, 0.05) is 48.5 Å². The smallest absolute Gasteiger partial charge is 0.220 e. The molecule has 1 aliphatic heterocycles. The van der Waals surface area contributed by atoms with Gasteiger partial charge in [0.05, 0.1) is 12.3 Å². The molecular weight excluding hydrogens is 332 g/mol. The third-order valence-electron chi connectivity index (χ3n) is 6.27. The lowest BCUT2D eigenvalue weighted by atomic mass is 9.58. The number of hydrogen-bond donors (Lipinski definition) is 2. The molecule has 0 aromatic carbocycles. The zero-order valence-electron chi connectivity index (χ0n) is 15.4. The second-order valence-electron chi connectivity index (χ2n) is 7.58. The lowest BCUT2D eigenvalue weighted by Crippen LogP contribution is -2.65. The van der Waals surface area contributed by atoms with Crippen LogP contribution in [0.25, 0.3) is 5.65 Å². The minimum Gasteiger partial charge on any atom is -0.392 e. The molecule has 2 aliphatic rings. The molecule has 7 heteroatoms. The molecule has 0 unspecified atom stereocenters. The molecule has 1 aliphatic carbocycles. The Balaban J connectivity index is 1.40. The maximum Gasteiger partial charge on any atom is 0.220 e. The Morgan fingerprint density at radius 2 is 2.19 bits per heavy atom. The van der Waals surface area contributed by atoms with Gasteiger partial charge in [-0.25, -0.2) is 9.50 Å². The summed E-state index contributed by atoms with van der Waals surface area (Å²) in [5.41, 5.74) is 3.70. The van der Waals surface area contributed by atoms with Crippen molar-refractivity contribution in [2.75, 3.05) is 13.2 Å². The number of carbonyl (C=O) groups is 1. The van der Waals surface area contributed by atoms with Gasteiger partial charge in [-0.3, -0.25) is 4.79 Å². The van der Waals surface area contributed by atoms with Crippen molar-refractivity contribution in [2.24, 2.45) is 5.41 Å². The normalized spacial score (nSPS) is 24.6. The zero-order chi connectivity index (χ0) is 18.3. The largest absolute Gasteiger partial charge is 0.392 e. The average molecular weight is 358 g/mol. The van der Waals surface area contributed by atoms with E-state index in [1.54, 1.807) is 6.20 Å². The molecule has 2 aromatic rings. The van der Waals surface area contributed by atoms with Crippen molar-refractivity contribution in [1.29, 1.82) is 0 Å². The number of aromatic nitrogens is 3. The van der Waals surface area contributed by atoms with Crippen molar-refractivity contribution in [3.8, 4) is 0 Å². The highest BCUT2D eigenvalue weighted by Crippen LogP contribution is 2.48. The number of fused-ring (bicyclic) bond motifs is 1. The molecule has 1 saturated carbocycles. The number of rotatable bonds is 4. The Morgan fingerprint density at radius 3 is 2.92 bits per heavy atom. The second kappa shape index (κ2) is 6.63. The highest BCUT2D eigenvalue weighted by Gasteiger charge is 2.55. The molecule has 140 valence electrons. The highest BCUT2D eigenvalue weighted by molar-refractivity contribution is 5.77. The molecule has 2 fully saturated rings. The van der Waals surface area contributed by atoms with E-state index in [-0.39, 0.29) is 23.5 Å². The summed E-state index contributed by atoms with van der Waals surface area (Å²) >= 11 is 0. The quantitative estimate of drug-likeness (QED) is 0.861. The summed E-state index contributed by atoms with van der Waals surface area (Å²) in [6.45, 7) is 5.32. The number of amides is 1. The van der Waals surface area contributed by atoms with Gasteiger partial charge in [-0.1, -0.05) is 0 Å². The van der Waals surface area contributed by atoms with E-state index in [2.05, 4.69) is 15.4 Å². The molecule has 2 aromatic heterocycles. The number of aryl methyl sites for hydroxylation is 2. The van der Waals surface area contributed by atoms with Crippen LogP contribution in [-0.2, 0) is 16.0 Å². The van der Waals surface area contributed by atoms with Crippen molar-refractivity contribution in [3.63, 3.8) is 0 Å². The minimum absolute atomic E-state index is 0.0344. The summed E-state index contributed by atoms with van der Waals surface area (Å²) in [4.78, 5) is 17.1. The molecule has 2 atom stereocenters. The second-order valence-corrected chi connectivity index (χ2v) is 7.58. The molecule has 1 amide bonds. The van der Waals surface area contributed by atoms with Crippen LogP contribution < -0.4 is 5.32 Å². The minimum atomic E-state index is -0.326. The molecule has 26 heavy (non-hydrogen) atoms. The number of aliphatic hydroxyl groups is 1. The first-order valence-corrected chi connectivity index (χ1v) is 9.36. The number of ether oxygens (including phenoxy) is 1. The van der Waals surface area contributed by atoms with Crippen molar-refractivity contribution < 1.29 is 14.6 Å². The lowest BCUT2D eigenvalue weighted by molar-refractivity contribution is -0.156.